The third-order valence-corrected chi connectivity index (χ3v) is 5.13. The van der Waals surface area contributed by atoms with Gasteiger partial charge in [0.2, 0.25) is 5.91 Å². The average molecular weight is 457 g/mol. The quantitative estimate of drug-likeness (QED) is 0.516. The largest absolute Gasteiger partial charge is 0.497 e. The molecule has 2 N–H and O–H groups in total. The number of methoxy groups -OCH3 is 2. The first-order valence-corrected chi connectivity index (χ1v) is 10.3. The summed E-state index contributed by atoms with van der Waals surface area (Å²) in [5.74, 6) is 1.34. The van der Waals surface area contributed by atoms with Crippen molar-refractivity contribution in [3.63, 3.8) is 0 Å². The van der Waals surface area contributed by atoms with E-state index in [1.54, 1.807) is 56.9 Å². The number of carbonyl (C=O) groups excluding carboxylic acids is 2. The van der Waals surface area contributed by atoms with E-state index in [1.165, 1.54) is 0 Å². The van der Waals surface area contributed by atoms with Gasteiger partial charge in [-0.05, 0) is 42.0 Å². The summed E-state index contributed by atoms with van der Waals surface area (Å²) in [4.78, 5) is 29.3. The minimum Gasteiger partial charge on any atom is -0.497 e. The number of hydrogen-bond acceptors (Lipinski definition) is 5. The second-order valence-corrected chi connectivity index (χ2v) is 7.49. The summed E-state index contributed by atoms with van der Waals surface area (Å²) < 4.78 is 12.6. The lowest BCUT2D eigenvalue weighted by molar-refractivity contribution is -0.121. The number of hydrogen-bond donors (Lipinski definition) is 2. The van der Waals surface area contributed by atoms with Crippen LogP contribution in [0.25, 0.3) is 0 Å². The zero-order valence-corrected chi connectivity index (χ0v) is 18.8. The van der Waals surface area contributed by atoms with Crippen molar-refractivity contribution in [2.75, 3.05) is 20.8 Å². The number of amides is 2. The van der Waals surface area contributed by atoms with Gasteiger partial charge in [0.15, 0.2) is 0 Å². The van der Waals surface area contributed by atoms with Crippen molar-refractivity contribution in [3.05, 3.63) is 76.8 Å². The second kappa shape index (κ2) is 10.7. The highest BCUT2D eigenvalue weighted by molar-refractivity contribution is 6.30. The fourth-order valence-electron chi connectivity index (χ4n) is 3.17. The molecule has 2 aromatic carbocycles. The van der Waals surface area contributed by atoms with Crippen molar-refractivity contribution >= 4 is 23.4 Å². The van der Waals surface area contributed by atoms with Gasteiger partial charge < -0.3 is 24.7 Å². The third-order valence-electron chi connectivity index (χ3n) is 4.87. The van der Waals surface area contributed by atoms with E-state index in [0.29, 0.717) is 27.9 Å². The molecule has 0 fully saturated rings. The first kappa shape index (κ1) is 23.1. The highest BCUT2D eigenvalue weighted by Crippen LogP contribution is 2.29. The third kappa shape index (κ3) is 5.79. The van der Waals surface area contributed by atoms with Crippen LogP contribution in [0.15, 0.2) is 54.9 Å². The molecule has 0 aliphatic carbocycles. The van der Waals surface area contributed by atoms with Gasteiger partial charge in [-0.3, -0.25) is 9.59 Å². The average Bonchev–Trinajstić information content (AvgIpc) is 3.22. The number of aryl methyl sites for hydroxylation is 1. The number of nitrogens with one attached hydrogen (secondary N) is 2. The van der Waals surface area contributed by atoms with Gasteiger partial charge in [0.05, 0.1) is 14.2 Å². The minimum absolute atomic E-state index is 0.0986. The maximum Gasteiger partial charge on any atom is 0.251 e. The van der Waals surface area contributed by atoms with Gasteiger partial charge in [-0.15, -0.1) is 0 Å². The van der Waals surface area contributed by atoms with Crippen LogP contribution in [0.4, 0.5) is 0 Å². The molecule has 0 saturated heterocycles. The van der Waals surface area contributed by atoms with Crippen LogP contribution in [-0.2, 0) is 11.8 Å². The number of halogens is 1. The molecule has 0 aliphatic heterocycles. The van der Waals surface area contributed by atoms with Crippen LogP contribution in [-0.4, -0.2) is 42.1 Å². The van der Waals surface area contributed by atoms with Gasteiger partial charge in [-0.25, -0.2) is 4.98 Å². The zero-order chi connectivity index (χ0) is 23.1. The molecule has 0 radical (unpaired) electrons. The highest BCUT2D eigenvalue weighted by atomic mass is 35.5. The molecule has 9 heteroatoms. The molecule has 8 nitrogen and oxygen atoms in total. The standard InChI is InChI=1S/C23H25ClN4O4/c1-28-11-10-25-22(28)21(16-12-18(31-2)14-19(13-16)32-3)27-20(29)8-9-26-23(30)15-4-6-17(24)7-5-15/h4-7,10-14,21H,8-9H2,1-3H3,(H,26,30)(H,27,29). The molecule has 168 valence electrons. The van der Waals surface area contributed by atoms with Crippen molar-refractivity contribution in [2.24, 2.45) is 7.05 Å². The number of imidazole rings is 1. The van der Waals surface area contributed by atoms with E-state index >= 15 is 0 Å². The van der Waals surface area contributed by atoms with Crippen LogP contribution < -0.4 is 20.1 Å². The van der Waals surface area contributed by atoms with Crippen molar-refractivity contribution in [1.29, 1.82) is 0 Å². The van der Waals surface area contributed by atoms with E-state index in [0.717, 1.165) is 5.56 Å². The Kier molecular flexibility index (Phi) is 7.72. The second-order valence-electron chi connectivity index (χ2n) is 7.06. The molecular weight excluding hydrogens is 432 g/mol. The van der Waals surface area contributed by atoms with Crippen LogP contribution in [0.1, 0.15) is 34.2 Å². The Balaban J connectivity index is 1.70. The van der Waals surface area contributed by atoms with Crippen LogP contribution in [0, 0.1) is 0 Å². The lowest BCUT2D eigenvalue weighted by Crippen LogP contribution is -2.34. The highest BCUT2D eigenvalue weighted by Gasteiger charge is 2.22. The van der Waals surface area contributed by atoms with Crippen molar-refractivity contribution in [1.82, 2.24) is 20.2 Å². The summed E-state index contributed by atoms with van der Waals surface area (Å²) in [5, 5.41) is 6.29. The molecule has 2 amide bonds. The monoisotopic (exact) mass is 456 g/mol. The molecule has 0 saturated carbocycles. The van der Waals surface area contributed by atoms with E-state index < -0.39 is 6.04 Å². The molecule has 3 rings (SSSR count). The minimum atomic E-state index is -0.529. The number of nitrogens with zero attached hydrogens (tertiary/aromatic N) is 2. The van der Waals surface area contributed by atoms with Crippen molar-refractivity contribution < 1.29 is 19.1 Å². The van der Waals surface area contributed by atoms with Gasteiger partial charge in [-0.2, -0.15) is 0 Å². The van der Waals surface area contributed by atoms with E-state index in [1.807, 2.05) is 23.7 Å². The number of rotatable bonds is 9. The molecule has 1 aromatic heterocycles. The van der Waals surface area contributed by atoms with E-state index in [9.17, 15) is 9.59 Å². The Hall–Kier alpha value is -3.52. The van der Waals surface area contributed by atoms with E-state index in [2.05, 4.69) is 15.6 Å². The predicted molar refractivity (Wildman–Crippen MR) is 121 cm³/mol. The van der Waals surface area contributed by atoms with Crippen LogP contribution in [0.2, 0.25) is 5.02 Å². The fraction of sp³-hybridized carbons (Fsp3) is 0.261. The Morgan fingerprint density at radius 3 is 2.31 bits per heavy atom. The lowest BCUT2D eigenvalue weighted by atomic mass is 10.0. The SMILES string of the molecule is COc1cc(OC)cc(C(NC(=O)CCNC(=O)c2ccc(Cl)cc2)c2nccn2C)c1. The summed E-state index contributed by atoms with van der Waals surface area (Å²) in [6, 6.07) is 11.4. The van der Waals surface area contributed by atoms with Crippen molar-refractivity contribution in [2.45, 2.75) is 12.5 Å². The molecule has 1 heterocycles. The predicted octanol–water partition coefficient (Wildman–Crippen LogP) is 3.12. The molecule has 0 spiro atoms. The topological polar surface area (TPSA) is 94.5 Å². The summed E-state index contributed by atoms with van der Waals surface area (Å²) in [6.07, 6.45) is 3.57. The maximum absolute atomic E-state index is 12.7. The van der Waals surface area contributed by atoms with Gasteiger partial charge >= 0.3 is 0 Å². The molecular formula is C23H25ClN4O4. The van der Waals surface area contributed by atoms with E-state index in [4.69, 9.17) is 21.1 Å². The summed E-state index contributed by atoms with van der Waals surface area (Å²) >= 11 is 5.85. The Labute approximate surface area is 191 Å². The Morgan fingerprint density at radius 1 is 1.09 bits per heavy atom. The molecule has 1 atom stereocenters. The van der Waals surface area contributed by atoms with E-state index in [-0.39, 0.29) is 24.8 Å². The number of aromatic nitrogens is 2. The van der Waals surface area contributed by atoms with Crippen LogP contribution >= 0.6 is 11.6 Å². The Morgan fingerprint density at radius 2 is 1.75 bits per heavy atom. The van der Waals surface area contributed by atoms with Gasteiger partial charge in [-0.1, -0.05) is 11.6 Å². The fourth-order valence-corrected chi connectivity index (χ4v) is 3.30. The summed E-state index contributed by atoms with van der Waals surface area (Å²) in [7, 11) is 4.98. The smallest absolute Gasteiger partial charge is 0.251 e. The first-order chi connectivity index (χ1) is 15.4. The molecule has 3 aromatic rings. The van der Waals surface area contributed by atoms with Crippen LogP contribution in [0.5, 0.6) is 11.5 Å². The summed E-state index contributed by atoms with van der Waals surface area (Å²) in [6.45, 7) is 0.183. The Bertz CT molecular complexity index is 1060. The number of carbonyl (C=O) groups is 2. The normalized spacial score (nSPS) is 11.5. The van der Waals surface area contributed by atoms with Crippen molar-refractivity contribution in [3.8, 4) is 11.5 Å². The first-order valence-electron chi connectivity index (χ1n) is 9.94. The number of ether oxygens (including phenoxy) is 2. The maximum atomic E-state index is 12.7. The lowest BCUT2D eigenvalue weighted by Gasteiger charge is -2.20. The summed E-state index contributed by atoms with van der Waals surface area (Å²) in [5.41, 5.74) is 1.23. The van der Waals surface area contributed by atoms with Gasteiger partial charge in [0.1, 0.15) is 23.4 Å². The number of benzene rings is 2. The van der Waals surface area contributed by atoms with Gasteiger partial charge in [0, 0.05) is 49.1 Å². The molecule has 32 heavy (non-hydrogen) atoms. The molecule has 0 bridgehead atoms. The zero-order valence-electron chi connectivity index (χ0n) is 18.1. The van der Waals surface area contributed by atoms with Gasteiger partial charge in [0.25, 0.3) is 5.91 Å². The molecule has 0 aliphatic rings. The molecule has 1 unspecified atom stereocenters. The van der Waals surface area contributed by atoms with Crippen LogP contribution in [0.3, 0.4) is 0 Å².